The Morgan fingerprint density at radius 1 is 1.64 bits per heavy atom. The molecule has 0 saturated heterocycles. The molecule has 0 rings (SSSR count). The summed E-state index contributed by atoms with van der Waals surface area (Å²) in [5.74, 6) is 0.579. The summed E-state index contributed by atoms with van der Waals surface area (Å²) in [4.78, 5) is 0. The van der Waals surface area contributed by atoms with Crippen molar-refractivity contribution in [1.29, 1.82) is 0 Å². The molecule has 0 heterocycles. The maximum Gasteiger partial charge on any atom is 0.0797 e. The third-order valence-electron chi connectivity index (χ3n) is 2.17. The smallest absolute Gasteiger partial charge is 0.0797 e. The summed E-state index contributed by atoms with van der Waals surface area (Å²) in [5, 5.41) is 9.28. The Balaban J connectivity index is 4.39. The lowest BCUT2D eigenvalue weighted by molar-refractivity contribution is 0.228. The number of rotatable bonds is 5. The Hall–Kier alpha value is 0.710. The van der Waals surface area contributed by atoms with Gasteiger partial charge in [0.25, 0.3) is 0 Å². The van der Waals surface area contributed by atoms with E-state index < -0.39 is 15.5 Å². The van der Waals surface area contributed by atoms with E-state index in [2.05, 4.69) is 25.5 Å². The minimum absolute atomic E-state index is 0.0776. The van der Waals surface area contributed by atoms with Gasteiger partial charge in [-0.25, -0.2) is 0 Å². The van der Waals surface area contributed by atoms with Crippen molar-refractivity contribution in [3.63, 3.8) is 0 Å². The molecule has 0 aromatic heterocycles. The number of aliphatic hydroxyl groups excluding tert-OH is 1. The van der Waals surface area contributed by atoms with Crippen LogP contribution in [0.15, 0.2) is 0 Å². The first-order valence-corrected chi connectivity index (χ1v) is 8.05. The summed E-state index contributed by atoms with van der Waals surface area (Å²) in [7, 11) is -0.645. The fourth-order valence-corrected chi connectivity index (χ4v) is 2.71. The molecule has 5 heteroatoms. The van der Waals surface area contributed by atoms with Gasteiger partial charge in [0.1, 0.15) is 0 Å². The van der Waals surface area contributed by atoms with Crippen LogP contribution in [0.1, 0.15) is 26.7 Å². The molecule has 0 aliphatic heterocycles. The Kier molecular flexibility index (Phi) is 6.65. The van der Waals surface area contributed by atoms with E-state index in [1.54, 1.807) is 0 Å². The lowest BCUT2D eigenvalue weighted by Crippen LogP contribution is -2.50. The molecular weight excluding hydrogens is 234 g/mol. The average molecular weight is 255 g/mol. The van der Waals surface area contributed by atoms with E-state index in [9.17, 15) is 5.11 Å². The maximum atomic E-state index is 9.28. The molecule has 0 fully saturated rings. The molecule has 0 aromatic rings. The van der Waals surface area contributed by atoms with Gasteiger partial charge in [-0.2, -0.15) is 9.93 Å². The third-order valence-corrected chi connectivity index (χ3v) is 5.44. The van der Waals surface area contributed by atoms with Gasteiger partial charge in [0.2, 0.25) is 0 Å². The lowest BCUT2D eigenvalue weighted by Gasteiger charge is -2.31. The number of thiocarbonyl (C=S) groups is 1. The minimum atomic E-state index is -0.707. The van der Waals surface area contributed by atoms with E-state index in [-0.39, 0.29) is 6.61 Å². The maximum absolute atomic E-state index is 9.28. The van der Waals surface area contributed by atoms with Crippen molar-refractivity contribution in [2.45, 2.75) is 32.2 Å². The molecule has 0 aliphatic carbocycles. The van der Waals surface area contributed by atoms with Crippen LogP contribution in [-0.4, -0.2) is 27.7 Å². The molecule has 0 saturated carbocycles. The molecule has 1 unspecified atom stereocenters. The van der Waals surface area contributed by atoms with Gasteiger partial charge in [-0.15, -0.1) is 11.7 Å². The summed E-state index contributed by atoms with van der Waals surface area (Å²) in [5.41, 5.74) is 5.36. The van der Waals surface area contributed by atoms with Crippen LogP contribution in [0.3, 0.4) is 0 Å². The first-order chi connectivity index (χ1) is 6.33. The standard InChI is InChI=1S/C9H21NOS3/c1-7(2)4-5-9(10,6-11)8(12)14(3)13/h7,11,13-14H,4-6,10H2,1-3H3/t9-/m1/s1. The highest BCUT2D eigenvalue weighted by molar-refractivity contribution is 8.85. The van der Waals surface area contributed by atoms with E-state index in [0.29, 0.717) is 5.92 Å². The monoisotopic (exact) mass is 255 g/mol. The number of aliphatic hydroxyl groups is 1. The largest absolute Gasteiger partial charge is 0.394 e. The molecule has 0 radical (unpaired) electrons. The first kappa shape index (κ1) is 14.7. The van der Waals surface area contributed by atoms with Gasteiger partial charge in [0.05, 0.1) is 16.3 Å². The van der Waals surface area contributed by atoms with Crippen LogP contribution in [-0.2, 0) is 0 Å². The predicted octanol–water partition coefficient (Wildman–Crippen LogP) is 1.92. The zero-order chi connectivity index (χ0) is 11.4. The summed E-state index contributed by atoms with van der Waals surface area (Å²) in [6, 6.07) is 0. The van der Waals surface area contributed by atoms with E-state index in [4.69, 9.17) is 18.0 Å². The van der Waals surface area contributed by atoms with Gasteiger partial charge in [-0.05, 0) is 25.0 Å². The second-order valence-corrected chi connectivity index (χ2v) is 8.08. The average Bonchev–Trinajstić information content (AvgIpc) is 2.12. The Morgan fingerprint density at radius 3 is 2.43 bits per heavy atom. The number of nitrogens with two attached hydrogens (primary N) is 1. The minimum Gasteiger partial charge on any atom is -0.394 e. The fraction of sp³-hybridized carbons (Fsp3) is 0.889. The predicted molar refractivity (Wildman–Crippen MR) is 74.6 cm³/mol. The molecule has 0 aliphatic rings. The van der Waals surface area contributed by atoms with Crippen LogP contribution in [0, 0.1) is 5.92 Å². The molecule has 0 aromatic carbocycles. The summed E-state index contributed by atoms with van der Waals surface area (Å²) in [6.07, 6.45) is 3.68. The van der Waals surface area contributed by atoms with Crippen molar-refractivity contribution in [2.75, 3.05) is 12.9 Å². The zero-order valence-corrected chi connectivity index (χ0v) is 11.6. The Bertz CT molecular complexity index is 196. The van der Waals surface area contributed by atoms with Gasteiger partial charge in [0, 0.05) is 0 Å². The number of hydrogen-bond acceptors (Lipinski definition) is 4. The summed E-state index contributed by atoms with van der Waals surface area (Å²) >= 11 is 9.55. The molecule has 0 bridgehead atoms. The van der Waals surface area contributed by atoms with Gasteiger partial charge in [-0.1, -0.05) is 26.1 Å². The van der Waals surface area contributed by atoms with Crippen molar-refractivity contribution in [3.05, 3.63) is 0 Å². The van der Waals surface area contributed by atoms with Crippen molar-refractivity contribution in [3.8, 4) is 0 Å². The second kappa shape index (κ2) is 6.33. The highest BCUT2D eigenvalue weighted by Gasteiger charge is 2.30. The first-order valence-electron chi connectivity index (χ1n) is 4.70. The van der Waals surface area contributed by atoms with Crippen LogP contribution < -0.4 is 5.73 Å². The quantitative estimate of drug-likeness (QED) is 0.345. The Labute approximate surface area is 99.8 Å². The van der Waals surface area contributed by atoms with Crippen molar-refractivity contribution < 1.29 is 5.11 Å². The topological polar surface area (TPSA) is 46.2 Å². The fourth-order valence-electron chi connectivity index (χ4n) is 1.12. The molecule has 2 atom stereocenters. The van der Waals surface area contributed by atoms with Gasteiger partial charge >= 0.3 is 0 Å². The van der Waals surface area contributed by atoms with Crippen LogP contribution in [0.4, 0.5) is 0 Å². The highest BCUT2D eigenvalue weighted by Crippen LogP contribution is 2.34. The van der Waals surface area contributed by atoms with E-state index in [1.807, 2.05) is 6.26 Å². The van der Waals surface area contributed by atoms with Crippen LogP contribution >= 0.6 is 33.8 Å². The highest BCUT2D eigenvalue weighted by atomic mass is 33.1. The molecule has 0 spiro atoms. The van der Waals surface area contributed by atoms with E-state index in [1.165, 1.54) is 0 Å². The van der Waals surface area contributed by atoms with Crippen molar-refractivity contribution in [2.24, 2.45) is 11.7 Å². The van der Waals surface area contributed by atoms with E-state index >= 15 is 0 Å². The Morgan fingerprint density at radius 2 is 2.14 bits per heavy atom. The van der Waals surface area contributed by atoms with Gasteiger partial charge in [-0.3, -0.25) is 0 Å². The van der Waals surface area contributed by atoms with E-state index in [0.717, 1.165) is 17.0 Å². The van der Waals surface area contributed by atoms with Gasteiger partial charge < -0.3 is 10.8 Å². The van der Waals surface area contributed by atoms with Crippen LogP contribution in [0.25, 0.3) is 0 Å². The van der Waals surface area contributed by atoms with Gasteiger partial charge in [0.15, 0.2) is 0 Å². The number of thiol groups is 2. The molecule has 0 amide bonds. The lowest BCUT2D eigenvalue weighted by atomic mass is 9.93. The van der Waals surface area contributed by atoms with Crippen molar-refractivity contribution in [1.82, 2.24) is 0 Å². The summed E-state index contributed by atoms with van der Waals surface area (Å²) in [6.45, 7) is 4.19. The molecule has 2 nitrogen and oxygen atoms in total. The number of hydrogen-bond donors (Lipinski definition) is 4. The second-order valence-electron chi connectivity index (χ2n) is 4.08. The normalized spacial score (nSPS) is 19.2. The zero-order valence-electron chi connectivity index (χ0n) is 9.03. The van der Waals surface area contributed by atoms with Crippen LogP contribution in [0.5, 0.6) is 0 Å². The molecular formula is C9H21NOS3. The van der Waals surface area contributed by atoms with Crippen molar-refractivity contribution >= 4 is 38.0 Å². The molecule has 86 valence electrons. The third kappa shape index (κ3) is 4.49. The SMILES string of the molecule is CC(C)CC[C@@](N)(CO)C(=S)[SH](C)S. The molecule has 14 heavy (non-hydrogen) atoms. The molecule has 3 N–H and O–H groups in total. The summed E-state index contributed by atoms with van der Waals surface area (Å²) < 4.78 is 0.721. The van der Waals surface area contributed by atoms with Crippen LogP contribution in [0.2, 0.25) is 0 Å².